The molecule has 34 heavy (non-hydrogen) atoms. The van der Waals surface area contributed by atoms with E-state index in [0.29, 0.717) is 19.3 Å². The summed E-state index contributed by atoms with van der Waals surface area (Å²) < 4.78 is 23.3. The SMILES string of the molecule is COC1CC(C2OC3CC(O)CC(O)C3CC2OC2OC(CO)C(O)C(O)C2O)CC(O)C1O. The van der Waals surface area contributed by atoms with Crippen molar-refractivity contribution >= 4 is 0 Å². The fourth-order valence-electron chi connectivity index (χ4n) is 6.03. The van der Waals surface area contributed by atoms with Gasteiger partial charge < -0.3 is 59.8 Å². The Morgan fingerprint density at radius 1 is 0.735 bits per heavy atom. The Labute approximate surface area is 197 Å². The van der Waals surface area contributed by atoms with E-state index >= 15 is 0 Å². The van der Waals surface area contributed by atoms with Gasteiger partial charge in [-0.1, -0.05) is 0 Å². The highest BCUT2D eigenvalue weighted by molar-refractivity contribution is 5.00. The molecule has 15 atom stereocenters. The van der Waals surface area contributed by atoms with Gasteiger partial charge in [-0.2, -0.15) is 0 Å². The Morgan fingerprint density at radius 2 is 1.47 bits per heavy atom. The molecule has 4 rings (SSSR count). The fraction of sp³-hybridized carbons (Fsp3) is 1.00. The van der Waals surface area contributed by atoms with E-state index in [-0.39, 0.29) is 24.7 Å². The number of rotatable bonds is 5. The molecule has 0 aromatic carbocycles. The van der Waals surface area contributed by atoms with Crippen molar-refractivity contribution in [2.75, 3.05) is 13.7 Å². The Hall–Kier alpha value is -0.480. The average molecular weight is 495 g/mol. The van der Waals surface area contributed by atoms with Gasteiger partial charge in [-0.05, 0) is 38.0 Å². The molecule has 0 aromatic rings. The van der Waals surface area contributed by atoms with Crippen molar-refractivity contribution in [1.29, 1.82) is 0 Å². The van der Waals surface area contributed by atoms with E-state index in [9.17, 15) is 40.9 Å². The third-order valence-corrected chi connectivity index (χ3v) is 7.97. The number of aliphatic hydroxyl groups excluding tert-OH is 8. The van der Waals surface area contributed by atoms with Gasteiger partial charge in [-0.3, -0.25) is 0 Å². The zero-order valence-electron chi connectivity index (χ0n) is 19.1. The molecular formula is C22H38O12. The molecule has 2 aliphatic heterocycles. The molecule has 2 saturated carbocycles. The molecule has 0 spiro atoms. The third-order valence-electron chi connectivity index (χ3n) is 7.97. The van der Waals surface area contributed by atoms with Gasteiger partial charge in [-0.15, -0.1) is 0 Å². The molecule has 0 aromatic heterocycles. The minimum atomic E-state index is -1.61. The van der Waals surface area contributed by atoms with Gasteiger partial charge in [0.1, 0.15) is 30.5 Å². The molecule has 0 amide bonds. The molecule has 15 unspecified atom stereocenters. The van der Waals surface area contributed by atoms with Crippen LogP contribution in [0.3, 0.4) is 0 Å². The van der Waals surface area contributed by atoms with Crippen molar-refractivity contribution in [3.8, 4) is 0 Å². The molecule has 198 valence electrons. The molecule has 4 aliphatic rings. The third kappa shape index (κ3) is 5.15. The van der Waals surface area contributed by atoms with E-state index in [2.05, 4.69) is 0 Å². The molecule has 12 nitrogen and oxygen atoms in total. The molecule has 8 N–H and O–H groups in total. The summed E-state index contributed by atoms with van der Waals surface area (Å²) >= 11 is 0. The lowest BCUT2D eigenvalue weighted by atomic mass is 9.72. The summed E-state index contributed by atoms with van der Waals surface area (Å²) in [6.45, 7) is -0.598. The van der Waals surface area contributed by atoms with Crippen molar-refractivity contribution in [2.45, 2.75) is 112 Å². The Bertz CT molecular complexity index is 666. The van der Waals surface area contributed by atoms with E-state index in [4.69, 9.17) is 18.9 Å². The number of aliphatic hydroxyl groups is 8. The van der Waals surface area contributed by atoms with Gasteiger partial charge >= 0.3 is 0 Å². The quantitative estimate of drug-likeness (QED) is 0.189. The predicted molar refractivity (Wildman–Crippen MR) is 112 cm³/mol. The lowest BCUT2D eigenvalue weighted by molar-refractivity contribution is -0.334. The van der Waals surface area contributed by atoms with Crippen LogP contribution < -0.4 is 0 Å². The van der Waals surface area contributed by atoms with Crippen LogP contribution >= 0.6 is 0 Å². The summed E-state index contributed by atoms with van der Waals surface area (Å²) in [5.41, 5.74) is 0. The lowest BCUT2D eigenvalue weighted by Gasteiger charge is -2.51. The first-order valence-electron chi connectivity index (χ1n) is 12.0. The Kier molecular flexibility index (Phi) is 8.50. The summed E-state index contributed by atoms with van der Waals surface area (Å²) in [7, 11) is 1.44. The van der Waals surface area contributed by atoms with Crippen LogP contribution in [-0.4, -0.2) is 134 Å². The van der Waals surface area contributed by atoms with Gasteiger partial charge in [0.25, 0.3) is 0 Å². The monoisotopic (exact) mass is 494 g/mol. The van der Waals surface area contributed by atoms with Crippen LogP contribution in [0.5, 0.6) is 0 Å². The topological polar surface area (TPSA) is 199 Å². The summed E-state index contributed by atoms with van der Waals surface area (Å²) in [5.74, 6) is -0.678. The largest absolute Gasteiger partial charge is 0.394 e. The normalized spacial score (nSPS) is 54.4. The highest BCUT2D eigenvalue weighted by atomic mass is 16.7. The summed E-state index contributed by atoms with van der Waals surface area (Å²) in [4.78, 5) is 0. The van der Waals surface area contributed by atoms with Crippen LogP contribution in [0.4, 0.5) is 0 Å². The maximum Gasteiger partial charge on any atom is 0.187 e. The number of ether oxygens (including phenoxy) is 4. The van der Waals surface area contributed by atoms with Crippen LogP contribution in [0.1, 0.15) is 32.1 Å². The first-order valence-corrected chi connectivity index (χ1v) is 12.0. The van der Waals surface area contributed by atoms with E-state index in [1.54, 1.807) is 0 Å². The molecule has 2 saturated heterocycles. The van der Waals surface area contributed by atoms with E-state index in [1.807, 2.05) is 0 Å². The average Bonchev–Trinajstić information content (AvgIpc) is 2.81. The molecule has 0 bridgehead atoms. The van der Waals surface area contributed by atoms with Crippen LogP contribution in [-0.2, 0) is 18.9 Å². The first-order chi connectivity index (χ1) is 16.1. The Morgan fingerprint density at radius 3 is 2.15 bits per heavy atom. The van der Waals surface area contributed by atoms with Gasteiger partial charge in [0.15, 0.2) is 6.29 Å². The van der Waals surface area contributed by atoms with Gasteiger partial charge in [0.05, 0.1) is 49.3 Å². The number of hydrogen-bond acceptors (Lipinski definition) is 12. The second-order valence-corrected chi connectivity index (χ2v) is 10.2. The van der Waals surface area contributed by atoms with Crippen LogP contribution in [0.2, 0.25) is 0 Å². The van der Waals surface area contributed by atoms with Crippen LogP contribution in [0, 0.1) is 11.8 Å². The van der Waals surface area contributed by atoms with Crippen molar-refractivity contribution in [1.82, 2.24) is 0 Å². The molecular weight excluding hydrogens is 456 g/mol. The highest BCUT2D eigenvalue weighted by Gasteiger charge is 2.52. The van der Waals surface area contributed by atoms with E-state index < -0.39 is 86.1 Å². The summed E-state index contributed by atoms with van der Waals surface area (Å²) in [5, 5.41) is 81.6. The fourth-order valence-corrected chi connectivity index (χ4v) is 6.03. The van der Waals surface area contributed by atoms with Crippen molar-refractivity contribution in [2.24, 2.45) is 11.8 Å². The number of methoxy groups -OCH3 is 1. The lowest BCUT2D eigenvalue weighted by Crippen LogP contribution is -2.62. The van der Waals surface area contributed by atoms with Gasteiger partial charge in [0, 0.05) is 13.0 Å². The molecule has 0 radical (unpaired) electrons. The summed E-state index contributed by atoms with van der Waals surface area (Å²) in [6.07, 6.45) is -12.0. The summed E-state index contributed by atoms with van der Waals surface area (Å²) in [6, 6.07) is 0. The van der Waals surface area contributed by atoms with Gasteiger partial charge in [0.2, 0.25) is 0 Å². The van der Waals surface area contributed by atoms with Crippen molar-refractivity contribution in [3.63, 3.8) is 0 Å². The van der Waals surface area contributed by atoms with Crippen LogP contribution in [0.25, 0.3) is 0 Å². The smallest absolute Gasteiger partial charge is 0.187 e. The van der Waals surface area contributed by atoms with E-state index in [1.165, 1.54) is 7.11 Å². The van der Waals surface area contributed by atoms with Crippen LogP contribution in [0.15, 0.2) is 0 Å². The standard InChI is InChI=1S/C22H38O12/c1-31-14-3-8(2-12(26)17(14)27)21-15(6-10-11(25)4-9(24)5-13(10)32-21)33-22-20(30)19(29)18(28)16(7-23)34-22/h8-30H,2-7H2,1H3. The molecule has 12 heteroatoms. The highest BCUT2D eigenvalue weighted by Crippen LogP contribution is 2.43. The van der Waals surface area contributed by atoms with Crippen molar-refractivity contribution in [3.05, 3.63) is 0 Å². The minimum absolute atomic E-state index is 0.196. The number of fused-ring (bicyclic) bond motifs is 1. The second-order valence-electron chi connectivity index (χ2n) is 10.2. The second kappa shape index (κ2) is 10.9. The van der Waals surface area contributed by atoms with Gasteiger partial charge in [-0.25, -0.2) is 0 Å². The Balaban J connectivity index is 1.57. The molecule has 4 fully saturated rings. The molecule has 2 heterocycles. The number of hydrogen-bond donors (Lipinski definition) is 8. The minimum Gasteiger partial charge on any atom is -0.394 e. The maximum atomic E-state index is 10.6. The maximum absolute atomic E-state index is 10.6. The first kappa shape index (κ1) is 26.6. The molecule has 2 aliphatic carbocycles. The zero-order valence-corrected chi connectivity index (χ0v) is 19.1. The van der Waals surface area contributed by atoms with E-state index in [0.717, 1.165) is 0 Å². The van der Waals surface area contributed by atoms with Crippen molar-refractivity contribution < 1.29 is 59.8 Å². The zero-order chi connectivity index (χ0) is 24.7. The predicted octanol–water partition coefficient (Wildman–Crippen LogP) is -3.39.